The minimum Gasteiger partial charge on any atom is -0.385 e. The number of carbonyl (C=O) groups is 2. The van der Waals surface area contributed by atoms with Crippen LogP contribution in [-0.4, -0.2) is 28.0 Å². The highest BCUT2D eigenvalue weighted by atomic mass is 35.5. The van der Waals surface area contributed by atoms with Crippen LogP contribution in [-0.2, 0) is 4.79 Å². The Balaban J connectivity index is 3.08. The van der Waals surface area contributed by atoms with Gasteiger partial charge in [0.15, 0.2) is 11.9 Å². The number of Topliss-reactive ketones (excluding diaryl/α,β-unsaturated/α-hetero) is 1. The van der Waals surface area contributed by atoms with Crippen molar-refractivity contribution < 1.29 is 19.8 Å². The smallest absolute Gasteiger partial charge is 0.249 e. The number of benzene rings is 1. The van der Waals surface area contributed by atoms with Crippen molar-refractivity contribution in [1.82, 2.24) is 0 Å². The van der Waals surface area contributed by atoms with Gasteiger partial charge in [0.2, 0.25) is 5.91 Å². The van der Waals surface area contributed by atoms with Crippen LogP contribution in [0.4, 0.5) is 0 Å². The number of halogens is 1. The average Bonchev–Trinajstić information content (AvgIpc) is 2.26. The van der Waals surface area contributed by atoms with Gasteiger partial charge in [-0.15, -0.1) is 0 Å². The summed E-state index contributed by atoms with van der Waals surface area (Å²) < 4.78 is 0. The zero-order chi connectivity index (χ0) is 13.2. The van der Waals surface area contributed by atoms with Gasteiger partial charge in [0.25, 0.3) is 0 Å². The van der Waals surface area contributed by atoms with Crippen molar-refractivity contribution in [2.45, 2.75) is 19.1 Å². The number of rotatable bonds is 4. The van der Waals surface area contributed by atoms with Gasteiger partial charge in [0.05, 0.1) is 0 Å². The first-order chi connectivity index (χ1) is 7.84. The molecule has 0 spiro atoms. The summed E-state index contributed by atoms with van der Waals surface area (Å²) in [5, 5.41) is 19.0. The molecule has 2 atom stereocenters. The number of primary amides is 1. The van der Waals surface area contributed by atoms with Gasteiger partial charge in [-0.05, 0) is 13.0 Å². The van der Waals surface area contributed by atoms with Gasteiger partial charge in [-0.25, -0.2) is 0 Å². The fourth-order valence-corrected chi connectivity index (χ4v) is 1.60. The van der Waals surface area contributed by atoms with Crippen molar-refractivity contribution >= 4 is 23.3 Å². The zero-order valence-corrected chi connectivity index (χ0v) is 9.81. The fraction of sp³-hybridized carbons (Fsp3) is 0.273. The second-order valence-corrected chi connectivity index (χ2v) is 3.99. The van der Waals surface area contributed by atoms with Crippen molar-refractivity contribution in [1.29, 1.82) is 0 Å². The molecular weight excluding hydrogens is 246 g/mol. The Morgan fingerprint density at radius 3 is 2.35 bits per heavy atom. The van der Waals surface area contributed by atoms with Crippen LogP contribution in [0.15, 0.2) is 18.2 Å². The van der Waals surface area contributed by atoms with Crippen LogP contribution >= 0.6 is 11.6 Å². The first kappa shape index (κ1) is 13.6. The summed E-state index contributed by atoms with van der Waals surface area (Å²) in [6.07, 6.45) is -3.25. The van der Waals surface area contributed by atoms with Crippen molar-refractivity contribution in [3.63, 3.8) is 0 Å². The van der Waals surface area contributed by atoms with E-state index >= 15 is 0 Å². The molecule has 1 aromatic rings. The number of amides is 1. The van der Waals surface area contributed by atoms with E-state index in [9.17, 15) is 19.8 Å². The molecule has 17 heavy (non-hydrogen) atoms. The predicted molar refractivity (Wildman–Crippen MR) is 61.6 cm³/mol. The monoisotopic (exact) mass is 257 g/mol. The number of nitrogens with two attached hydrogens (primary N) is 1. The SMILES string of the molecule is CC(=O)c1ccc(C(O)C(O)C(N)=O)c(Cl)c1. The zero-order valence-electron chi connectivity index (χ0n) is 9.05. The van der Waals surface area contributed by atoms with E-state index in [1.807, 2.05) is 0 Å². The standard InChI is InChI=1S/C11H12ClNO4/c1-5(14)6-2-3-7(8(12)4-6)9(15)10(16)11(13)17/h2-4,9-10,15-16H,1H3,(H2,13,17). The Hall–Kier alpha value is -1.43. The Morgan fingerprint density at radius 2 is 1.94 bits per heavy atom. The predicted octanol–water partition coefficient (Wildman–Crippen LogP) is 0.422. The second-order valence-electron chi connectivity index (χ2n) is 3.58. The summed E-state index contributed by atoms with van der Waals surface area (Å²) in [5.74, 6) is -1.23. The average molecular weight is 258 g/mol. The molecule has 1 amide bonds. The van der Waals surface area contributed by atoms with E-state index in [4.69, 9.17) is 17.3 Å². The van der Waals surface area contributed by atoms with Gasteiger partial charge in [-0.3, -0.25) is 9.59 Å². The molecule has 92 valence electrons. The molecule has 0 bridgehead atoms. The molecule has 0 radical (unpaired) electrons. The normalized spacial score (nSPS) is 14.1. The van der Waals surface area contributed by atoms with Crippen molar-refractivity contribution in [3.05, 3.63) is 34.3 Å². The first-order valence-corrected chi connectivity index (χ1v) is 5.18. The Morgan fingerprint density at radius 1 is 1.35 bits per heavy atom. The maximum Gasteiger partial charge on any atom is 0.249 e. The molecule has 6 heteroatoms. The second kappa shape index (κ2) is 5.27. The Bertz CT molecular complexity index is 461. The minimum atomic E-state index is -1.74. The number of hydrogen-bond acceptors (Lipinski definition) is 4. The van der Waals surface area contributed by atoms with Gasteiger partial charge in [-0.1, -0.05) is 23.7 Å². The highest BCUT2D eigenvalue weighted by Crippen LogP contribution is 2.26. The lowest BCUT2D eigenvalue weighted by Crippen LogP contribution is -2.34. The van der Waals surface area contributed by atoms with Gasteiger partial charge >= 0.3 is 0 Å². The number of aliphatic hydroxyl groups is 2. The topological polar surface area (TPSA) is 101 Å². The van der Waals surface area contributed by atoms with E-state index in [1.54, 1.807) is 0 Å². The molecule has 0 aliphatic rings. The van der Waals surface area contributed by atoms with Crippen LogP contribution in [0.3, 0.4) is 0 Å². The number of ketones is 1. The molecule has 0 aliphatic heterocycles. The van der Waals surface area contributed by atoms with Crippen LogP contribution in [0.1, 0.15) is 28.9 Å². The van der Waals surface area contributed by atoms with Crippen LogP contribution in [0.5, 0.6) is 0 Å². The van der Waals surface area contributed by atoms with Gasteiger partial charge in [-0.2, -0.15) is 0 Å². The van der Waals surface area contributed by atoms with Crippen LogP contribution in [0.25, 0.3) is 0 Å². The number of hydrogen-bond donors (Lipinski definition) is 3. The van der Waals surface area contributed by atoms with E-state index in [0.29, 0.717) is 5.56 Å². The summed E-state index contributed by atoms with van der Waals surface area (Å²) in [7, 11) is 0. The summed E-state index contributed by atoms with van der Waals surface area (Å²) >= 11 is 5.84. The molecule has 1 aromatic carbocycles. The lowest BCUT2D eigenvalue weighted by Gasteiger charge is -2.16. The largest absolute Gasteiger partial charge is 0.385 e. The third-order valence-electron chi connectivity index (χ3n) is 2.32. The van der Waals surface area contributed by atoms with Crippen molar-refractivity contribution in [3.8, 4) is 0 Å². The Kier molecular flexibility index (Phi) is 4.22. The third-order valence-corrected chi connectivity index (χ3v) is 2.64. The highest BCUT2D eigenvalue weighted by Gasteiger charge is 2.25. The van der Waals surface area contributed by atoms with E-state index in [-0.39, 0.29) is 16.4 Å². The van der Waals surface area contributed by atoms with E-state index in [2.05, 4.69) is 0 Å². The molecule has 0 saturated heterocycles. The van der Waals surface area contributed by atoms with E-state index < -0.39 is 18.1 Å². The molecule has 0 aliphatic carbocycles. The van der Waals surface area contributed by atoms with Crippen LogP contribution in [0.2, 0.25) is 5.02 Å². The molecule has 0 fully saturated rings. The summed E-state index contributed by atoms with van der Waals surface area (Å²) in [4.78, 5) is 21.8. The molecule has 0 aromatic heterocycles. The molecule has 4 N–H and O–H groups in total. The van der Waals surface area contributed by atoms with Crippen LogP contribution < -0.4 is 5.73 Å². The Labute approximate surface area is 103 Å². The van der Waals surface area contributed by atoms with Gasteiger partial charge < -0.3 is 15.9 Å². The quantitative estimate of drug-likeness (QED) is 0.681. The fourth-order valence-electron chi connectivity index (χ4n) is 1.31. The van der Waals surface area contributed by atoms with Crippen LogP contribution in [0, 0.1) is 0 Å². The van der Waals surface area contributed by atoms with E-state index in [1.165, 1.54) is 25.1 Å². The minimum absolute atomic E-state index is 0.0884. The van der Waals surface area contributed by atoms with Crippen molar-refractivity contribution in [2.24, 2.45) is 5.73 Å². The molecule has 5 nitrogen and oxygen atoms in total. The molecular formula is C11H12ClNO4. The highest BCUT2D eigenvalue weighted by molar-refractivity contribution is 6.31. The summed E-state index contributed by atoms with van der Waals surface area (Å²) in [6.45, 7) is 1.38. The van der Waals surface area contributed by atoms with Crippen molar-refractivity contribution in [2.75, 3.05) is 0 Å². The molecule has 1 rings (SSSR count). The number of carbonyl (C=O) groups excluding carboxylic acids is 2. The maximum atomic E-state index is 11.1. The molecule has 0 saturated carbocycles. The first-order valence-electron chi connectivity index (χ1n) is 4.80. The lowest BCUT2D eigenvalue weighted by atomic mass is 10.0. The van der Waals surface area contributed by atoms with E-state index in [0.717, 1.165) is 0 Å². The lowest BCUT2D eigenvalue weighted by molar-refractivity contribution is -0.131. The molecule has 0 heterocycles. The van der Waals surface area contributed by atoms with Gasteiger partial charge in [0.1, 0.15) is 6.10 Å². The molecule has 2 unspecified atom stereocenters. The third kappa shape index (κ3) is 3.03. The summed E-state index contributed by atoms with van der Waals surface area (Å²) in [6, 6.07) is 4.17. The maximum absolute atomic E-state index is 11.1. The van der Waals surface area contributed by atoms with Gasteiger partial charge in [0, 0.05) is 16.1 Å². The number of aliphatic hydroxyl groups excluding tert-OH is 2. The summed E-state index contributed by atoms with van der Waals surface area (Å²) in [5.41, 5.74) is 5.37.